The summed E-state index contributed by atoms with van der Waals surface area (Å²) in [6.45, 7) is 6.19. The van der Waals surface area contributed by atoms with Gasteiger partial charge in [0.05, 0.1) is 6.54 Å². The van der Waals surface area contributed by atoms with Gasteiger partial charge in [0.1, 0.15) is 0 Å². The second kappa shape index (κ2) is 7.28. The average Bonchev–Trinajstić information content (AvgIpc) is 2.60. The quantitative estimate of drug-likeness (QED) is 0.667. The molecule has 0 saturated heterocycles. The number of aromatic nitrogens is 2. The van der Waals surface area contributed by atoms with Crippen molar-refractivity contribution in [2.24, 2.45) is 0 Å². The van der Waals surface area contributed by atoms with E-state index in [1.165, 1.54) is 6.92 Å². The van der Waals surface area contributed by atoms with Crippen LogP contribution < -0.4 is 0 Å². The average molecular weight is 180 g/mol. The van der Waals surface area contributed by atoms with Crippen LogP contribution in [-0.2, 0) is 11.3 Å². The summed E-state index contributed by atoms with van der Waals surface area (Å²) in [6, 6.07) is 1.85. The van der Waals surface area contributed by atoms with Gasteiger partial charge >= 0.3 is 0 Å². The second-order valence-electron chi connectivity index (χ2n) is 2.24. The number of allylic oxidation sites excluding steroid dienone is 2. The molecule has 1 rings (SSSR count). The van der Waals surface area contributed by atoms with Gasteiger partial charge in [-0.25, -0.2) is 0 Å². The maximum atomic E-state index is 10.5. The molecule has 1 aromatic rings. The van der Waals surface area contributed by atoms with Crippen LogP contribution in [0.4, 0.5) is 0 Å². The Hall–Kier alpha value is -1.38. The predicted molar refractivity (Wildman–Crippen MR) is 53.4 cm³/mol. The van der Waals surface area contributed by atoms with Crippen LogP contribution in [0.25, 0.3) is 0 Å². The zero-order chi connectivity index (χ0) is 10.1. The van der Waals surface area contributed by atoms with Crippen molar-refractivity contribution in [1.29, 1.82) is 0 Å². The van der Waals surface area contributed by atoms with E-state index < -0.39 is 0 Å². The van der Waals surface area contributed by atoms with E-state index in [1.807, 2.05) is 26.1 Å². The van der Waals surface area contributed by atoms with Gasteiger partial charge in [-0.3, -0.25) is 9.48 Å². The van der Waals surface area contributed by atoms with Gasteiger partial charge in [-0.1, -0.05) is 19.9 Å². The minimum atomic E-state index is 0.0668. The Morgan fingerprint density at radius 3 is 2.69 bits per heavy atom. The third kappa shape index (κ3) is 5.84. The molecule has 3 heteroatoms. The van der Waals surface area contributed by atoms with E-state index in [-0.39, 0.29) is 5.78 Å². The van der Waals surface area contributed by atoms with Crippen LogP contribution in [-0.4, -0.2) is 15.6 Å². The van der Waals surface area contributed by atoms with Gasteiger partial charge < -0.3 is 0 Å². The normalized spacial score (nSPS) is 9.46. The lowest BCUT2D eigenvalue weighted by molar-refractivity contribution is -0.112. The lowest BCUT2D eigenvalue weighted by Crippen LogP contribution is -1.95. The van der Waals surface area contributed by atoms with E-state index in [4.69, 9.17) is 0 Å². The van der Waals surface area contributed by atoms with Crippen molar-refractivity contribution >= 4 is 5.78 Å². The number of nitrogens with zero attached hydrogens (tertiary/aromatic N) is 2. The number of carbonyl (C=O) groups is 1. The van der Waals surface area contributed by atoms with Crippen molar-refractivity contribution < 1.29 is 4.79 Å². The molecular formula is C10H16N2O. The van der Waals surface area contributed by atoms with E-state index >= 15 is 0 Å². The topological polar surface area (TPSA) is 34.9 Å². The molecule has 1 heterocycles. The molecular weight excluding hydrogens is 164 g/mol. The Balaban J connectivity index is 0.000000671. The molecule has 0 amide bonds. The fourth-order valence-corrected chi connectivity index (χ4v) is 0.735. The van der Waals surface area contributed by atoms with Crippen LogP contribution in [0.15, 0.2) is 30.6 Å². The molecule has 0 saturated carbocycles. The minimum Gasteiger partial charge on any atom is -0.295 e. The first kappa shape index (κ1) is 11.6. The molecule has 0 aliphatic carbocycles. The summed E-state index contributed by atoms with van der Waals surface area (Å²) in [5, 5.41) is 3.97. The molecule has 0 atom stereocenters. The highest BCUT2D eigenvalue weighted by Gasteiger charge is 1.84. The van der Waals surface area contributed by atoms with Gasteiger partial charge in [0, 0.05) is 12.4 Å². The minimum absolute atomic E-state index is 0.0668. The molecule has 72 valence electrons. The van der Waals surface area contributed by atoms with Gasteiger partial charge in [0.25, 0.3) is 0 Å². The van der Waals surface area contributed by atoms with Gasteiger partial charge in [0.15, 0.2) is 5.78 Å². The second-order valence-corrected chi connectivity index (χ2v) is 2.24. The SMILES string of the molecule is CC.CC(=O)/C=C/Cn1cccn1. The van der Waals surface area contributed by atoms with Crippen LogP contribution in [0.3, 0.4) is 0 Å². The first-order valence-corrected chi connectivity index (χ1v) is 4.43. The molecule has 0 aliphatic rings. The summed E-state index contributed by atoms with van der Waals surface area (Å²) in [5.74, 6) is 0.0668. The Morgan fingerprint density at radius 2 is 2.23 bits per heavy atom. The third-order valence-corrected chi connectivity index (χ3v) is 1.20. The fourth-order valence-electron chi connectivity index (χ4n) is 0.735. The van der Waals surface area contributed by atoms with Gasteiger partial charge in [-0.05, 0) is 19.1 Å². The summed E-state index contributed by atoms with van der Waals surface area (Å²) in [4.78, 5) is 10.5. The third-order valence-electron chi connectivity index (χ3n) is 1.20. The fraction of sp³-hybridized carbons (Fsp3) is 0.400. The zero-order valence-electron chi connectivity index (χ0n) is 8.40. The lowest BCUT2D eigenvalue weighted by atomic mass is 10.4. The predicted octanol–water partition coefficient (Wildman–Crippen LogP) is 2.05. The monoisotopic (exact) mass is 180 g/mol. The molecule has 0 unspecified atom stereocenters. The van der Waals surface area contributed by atoms with E-state index in [9.17, 15) is 4.79 Å². The molecule has 0 radical (unpaired) electrons. The van der Waals surface area contributed by atoms with E-state index in [0.717, 1.165) is 0 Å². The molecule has 0 spiro atoms. The highest BCUT2D eigenvalue weighted by molar-refractivity contribution is 5.87. The van der Waals surface area contributed by atoms with E-state index in [1.54, 1.807) is 23.0 Å². The summed E-state index contributed by atoms with van der Waals surface area (Å²) in [5.41, 5.74) is 0. The van der Waals surface area contributed by atoms with Gasteiger partial charge in [0.2, 0.25) is 0 Å². The zero-order valence-corrected chi connectivity index (χ0v) is 8.40. The van der Waals surface area contributed by atoms with Gasteiger partial charge in [-0.15, -0.1) is 0 Å². The summed E-state index contributed by atoms with van der Waals surface area (Å²) < 4.78 is 1.75. The van der Waals surface area contributed by atoms with Gasteiger partial charge in [-0.2, -0.15) is 5.10 Å². The Kier molecular flexibility index (Phi) is 6.51. The summed E-state index contributed by atoms with van der Waals surface area (Å²) in [6.07, 6.45) is 6.89. The standard InChI is InChI=1S/C8H10N2O.C2H6/c1-8(11)4-2-6-10-7-3-5-9-10;1-2/h2-5,7H,6H2,1H3;1-2H3/b4-2+;. The summed E-state index contributed by atoms with van der Waals surface area (Å²) >= 11 is 0. The molecule has 0 aromatic carbocycles. The maximum absolute atomic E-state index is 10.5. The van der Waals surface area contributed by atoms with Crippen LogP contribution in [0.5, 0.6) is 0 Å². The largest absolute Gasteiger partial charge is 0.295 e. The van der Waals surface area contributed by atoms with Crippen molar-refractivity contribution in [1.82, 2.24) is 9.78 Å². The number of hydrogen-bond acceptors (Lipinski definition) is 2. The molecule has 0 N–H and O–H groups in total. The molecule has 0 bridgehead atoms. The van der Waals surface area contributed by atoms with Crippen molar-refractivity contribution in [3.63, 3.8) is 0 Å². The number of hydrogen-bond donors (Lipinski definition) is 0. The molecule has 0 fully saturated rings. The van der Waals surface area contributed by atoms with Crippen molar-refractivity contribution in [2.75, 3.05) is 0 Å². The van der Waals surface area contributed by atoms with Crippen LogP contribution in [0.1, 0.15) is 20.8 Å². The van der Waals surface area contributed by atoms with Crippen molar-refractivity contribution in [3.8, 4) is 0 Å². The molecule has 3 nitrogen and oxygen atoms in total. The van der Waals surface area contributed by atoms with E-state index in [2.05, 4.69) is 5.10 Å². The molecule has 1 aromatic heterocycles. The van der Waals surface area contributed by atoms with Crippen molar-refractivity contribution in [2.45, 2.75) is 27.3 Å². The first-order chi connectivity index (χ1) is 6.29. The van der Waals surface area contributed by atoms with E-state index in [0.29, 0.717) is 6.54 Å². The first-order valence-electron chi connectivity index (χ1n) is 4.43. The highest BCUT2D eigenvalue weighted by atomic mass is 16.1. The molecule has 13 heavy (non-hydrogen) atoms. The lowest BCUT2D eigenvalue weighted by Gasteiger charge is -1.91. The highest BCUT2D eigenvalue weighted by Crippen LogP contribution is 1.85. The maximum Gasteiger partial charge on any atom is 0.152 e. The smallest absolute Gasteiger partial charge is 0.152 e. The van der Waals surface area contributed by atoms with Crippen LogP contribution in [0.2, 0.25) is 0 Å². The number of ketones is 1. The Labute approximate surface area is 79.1 Å². The Bertz CT molecular complexity index is 250. The van der Waals surface area contributed by atoms with Crippen LogP contribution in [0, 0.1) is 0 Å². The Morgan fingerprint density at radius 1 is 1.54 bits per heavy atom. The van der Waals surface area contributed by atoms with Crippen molar-refractivity contribution in [3.05, 3.63) is 30.6 Å². The molecule has 0 aliphatic heterocycles. The summed E-state index contributed by atoms with van der Waals surface area (Å²) in [7, 11) is 0. The number of carbonyl (C=O) groups excluding carboxylic acids is 1. The van der Waals surface area contributed by atoms with Crippen LogP contribution >= 0.6 is 0 Å². The number of rotatable bonds is 3.